The minimum absolute atomic E-state index is 0.405. The van der Waals surface area contributed by atoms with Gasteiger partial charge in [-0.2, -0.15) is 5.26 Å². The summed E-state index contributed by atoms with van der Waals surface area (Å²) in [5.41, 5.74) is 1.21. The highest BCUT2D eigenvalue weighted by Crippen LogP contribution is 2.09. The van der Waals surface area contributed by atoms with Gasteiger partial charge in [-0.1, -0.05) is 0 Å². The highest BCUT2D eigenvalue weighted by molar-refractivity contribution is 5.35. The second-order valence-electron chi connectivity index (χ2n) is 3.58. The van der Waals surface area contributed by atoms with Crippen LogP contribution in [-0.2, 0) is 4.74 Å². The Hall–Kier alpha value is -1.67. The first-order valence-corrected chi connectivity index (χ1v) is 5.79. The molecule has 0 aliphatic heterocycles. The van der Waals surface area contributed by atoms with Gasteiger partial charge in [-0.25, -0.2) is 9.97 Å². The lowest BCUT2D eigenvalue weighted by Crippen LogP contribution is -2.29. The standard InChI is InChI=1S/C12H18N4O/c1-4-16(6-7-17-5-2)12-14-10(3)8-11(9-13)15-12/h8H,4-7H2,1-3H3. The van der Waals surface area contributed by atoms with Gasteiger partial charge in [0.1, 0.15) is 11.8 Å². The molecule has 17 heavy (non-hydrogen) atoms. The predicted molar refractivity (Wildman–Crippen MR) is 65.9 cm³/mol. The second-order valence-corrected chi connectivity index (χ2v) is 3.58. The summed E-state index contributed by atoms with van der Waals surface area (Å²) >= 11 is 0. The highest BCUT2D eigenvalue weighted by Gasteiger charge is 2.09. The van der Waals surface area contributed by atoms with Crippen molar-refractivity contribution in [2.45, 2.75) is 20.8 Å². The summed E-state index contributed by atoms with van der Waals surface area (Å²) in [4.78, 5) is 10.5. The third-order valence-electron chi connectivity index (χ3n) is 2.33. The van der Waals surface area contributed by atoms with Crippen LogP contribution in [0.25, 0.3) is 0 Å². The van der Waals surface area contributed by atoms with Crippen LogP contribution in [0, 0.1) is 18.3 Å². The molecule has 1 aromatic heterocycles. The molecule has 0 aromatic carbocycles. The molecule has 0 fully saturated rings. The lowest BCUT2D eigenvalue weighted by Gasteiger charge is -2.20. The van der Waals surface area contributed by atoms with Crippen molar-refractivity contribution in [3.8, 4) is 6.07 Å². The third-order valence-corrected chi connectivity index (χ3v) is 2.33. The average Bonchev–Trinajstić information content (AvgIpc) is 2.34. The monoisotopic (exact) mass is 234 g/mol. The SMILES string of the molecule is CCOCCN(CC)c1nc(C)cc(C#N)n1. The Bertz CT molecular complexity index is 400. The summed E-state index contributed by atoms with van der Waals surface area (Å²) in [5.74, 6) is 0.601. The summed E-state index contributed by atoms with van der Waals surface area (Å²) in [5, 5.41) is 8.87. The van der Waals surface area contributed by atoms with Crippen molar-refractivity contribution in [2.24, 2.45) is 0 Å². The number of rotatable bonds is 6. The molecule has 0 N–H and O–H groups in total. The zero-order valence-corrected chi connectivity index (χ0v) is 10.6. The van der Waals surface area contributed by atoms with Gasteiger partial charge in [-0.05, 0) is 26.8 Å². The molecule has 0 radical (unpaired) electrons. The van der Waals surface area contributed by atoms with E-state index in [0.717, 1.165) is 18.8 Å². The Kier molecular flexibility index (Phi) is 5.37. The fraction of sp³-hybridized carbons (Fsp3) is 0.583. The molecular formula is C12H18N4O. The van der Waals surface area contributed by atoms with Gasteiger partial charge in [-0.15, -0.1) is 0 Å². The molecule has 0 atom stereocenters. The van der Waals surface area contributed by atoms with Crippen molar-refractivity contribution in [1.82, 2.24) is 9.97 Å². The van der Waals surface area contributed by atoms with Crippen molar-refractivity contribution in [2.75, 3.05) is 31.2 Å². The maximum Gasteiger partial charge on any atom is 0.226 e. The molecule has 0 saturated heterocycles. The first-order valence-electron chi connectivity index (χ1n) is 5.79. The van der Waals surface area contributed by atoms with E-state index in [1.54, 1.807) is 6.07 Å². The topological polar surface area (TPSA) is 62.0 Å². The minimum Gasteiger partial charge on any atom is -0.380 e. The number of nitriles is 1. The summed E-state index contributed by atoms with van der Waals surface area (Å²) in [6.45, 7) is 8.73. The largest absolute Gasteiger partial charge is 0.380 e. The van der Waals surface area contributed by atoms with E-state index >= 15 is 0 Å². The lowest BCUT2D eigenvalue weighted by molar-refractivity contribution is 0.153. The number of likely N-dealkylation sites (N-methyl/N-ethyl adjacent to an activating group) is 1. The van der Waals surface area contributed by atoms with Crippen LogP contribution in [0.5, 0.6) is 0 Å². The maximum absolute atomic E-state index is 8.87. The first kappa shape index (κ1) is 13.4. The lowest BCUT2D eigenvalue weighted by atomic mass is 10.3. The molecule has 0 unspecified atom stereocenters. The van der Waals surface area contributed by atoms with Gasteiger partial charge in [-0.3, -0.25) is 0 Å². The molecule has 0 spiro atoms. The van der Waals surface area contributed by atoms with Crippen LogP contribution in [0.3, 0.4) is 0 Å². The first-order chi connectivity index (χ1) is 8.21. The number of nitrogens with zero attached hydrogens (tertiary/aromatic N) is 4. The van der Waals surface area contributed by atoms with Gasteiger partial charge in [0, 0.05) is 25.4 Å². The molecular weight excluding hydrogens is 216 g/mol. The predicted octanol–water partition coefficient (Wildman–Crippen LogP) is 1.52. The molecule has 1 aromatic rings. The van der Waals surface area contributed by atoms with E-state index in [2.05, 4.69) is 9.97 Å². The quantitative estimate of drug-likeness (QED) is 0.698. The highest BCUT2D eigenvalue weighted by atomic mass is 16.5. The number of hydrogen-bond acceptors (Lipinski definition) is 5. The Morgan fingerprint density at radius 1 is 1.41 bits per heavy atom. The fourth-order valence-electron chi connectivity index (χ4n) is 1.47. The second kappa shape index (κ2) is 6.81. The number of anilines is 1. The smallest absolute Gasteiger partial charge is 0.226 e. The molecule has 92 valence electrons. The van der Waals surface area contributed by atoms with Crippen LogP contribution in [0.15, 0.2) is 6.07 Å². The van der Waals surface area contributed by atoms with Gasteiger partial charge >= 0.3 is 0 Å². The number of aromatic nitrogens is 2. The van der Waals surface area contributed by atoms with Gasteiger partial charge < -0.3 is 9.64 Å². The zero-order chi connectivity index (χ0) is 12.7. The van der Waals surface area contributed by atoms with Crippen LogP contribution in [0.1, 0.15) is 25.2 Å². The molecule has 1 rings (SSSR count). The number of ether oxygens (including phenoxy) is 1. The van der Waals surface area contributed by atoms with E-state index in [0.29, 0.717) is 24.9 Å². The average molecular weight is 234 g/mol. The molecule has 0 amide bonds. The van der Waals surface area contributed by atoms with E-state index in [9.17, 15) is 0 Å². The summed E-state index contributed by atoms with van der Waals surface area (Å²) in [6.07, 6.45) is 0. The van der Waals surface area contributed by atoms with Crippen molar-refractivity contribution in [1.29, 1.82) is 5.26 Å². The zero-order valence-electron chi connectivity index (χ0n) is 10.6. The van der Waals surface area contributed by atoms with Crippen LogP contribution < -0.4 is 4.90 Å². The molecule has 5 heteroatoms. The molecule has 0 bridgehead atoms. The van der Waals surface area contributed by atoms with Crippen LogP contribution in [0.4, 0.5) is 5.95 Å². The number of aryl methyl sites for hydroxylation is 1. The van der Waals surface area contributed by atoms with E-state index in [-0.39, 0.29) is 0 Å². The van der Waals surface area contributed by atoms with Gasteiger partial charge in [0.25, 0.3) is 0 Å². The Morgan fingerprint density at radius 2 is 2.18 bits per heavy atom. The third kappa shape index (κ3) is 4.00. The summed E-state index contributed by atoms with van der Waals surface area (Å²) in [7, 11) is 0. The summed E-state index contributed by atoms with van der Waals surface area (Å²) in [6, 6.07) is 3.73. The van der Waals surface area contributed by atoms with Crippen LogP contribution in [0.2, 0.25) is 0 Å². The Balaban J connectivity index is 2.80. The van der Waals surface area contributed by atoms with Crippen molar-refractivity contribution in [3.63, 3.8) is 0 Å². The van der Waals surface area contributed by atoms with Gasteiger partial charge in [0.15, 0.2) is 0 Å². The van der Waals surface area contributed by atoms with E-state index in [1.807, 2.05) is 31.7 Å². The fourth-order valence-corrected chi connectivity index (χ4v) is 1.47. The molecule has 0 aliphatic rings. The molecule has 5 nitrogen and oxygen atoms in total. The van der Waals surface area contributed by atoms with Crippen molar-refractivity contribution < 1.29 is 4.74 Å². The van der Waals surface area contributed by atoms with E-state index < -0.39 is 0 Å². The molecule has 1 heterocycles. The van der Waals surface area contributed by atoms with Crippen molar-refractivity contribution >= 4 is 5.95 Å². The van der Waals surface area contributed by atoms with Gasteiger partial charge in [0.05, 0.1) is 6.61 Å². The van der Waals surface area contributed by atoms with Crippen molar-refractivity contribution in [3.05, 3.63) is 17.5 Å². The van der Waals surface area contributed by atoms with E-state index in [4.69, 9.17) is 10.00 Å². The normalized spacial score (nSPS) is 10.0. The van der Waals surface area contributed by atoms with Crippen LogP contribution >= 0.6 is 0 Å². The molecule has 0 aliphatic carbocycles. The maximum atomic E-state index is 8.87. The van der Waals surface area contributed by atoms with Gasteiger partial charge in [0.2, 0.25) is 5.95 Å². The Labute approximate surface area is 102 Å². The number of hydrogen-bond donors (Lipinski definition) is 0. The van der Waals surface area contributed by atoms with E-state index in [1.165, 1.54) is 0 Å². The Morgan fingerprint density at radius 3 is 2.76 bits per heavy atom. The minimum atomic E-state index is 0.405. The summed E-state index contributed by atoms with van der Waals surface area (Å²) < 4.78 is 5.31. The molecule has 0 saturated carbocycles. The van der Waals surface area contributed by atoms with Crippen LogP contribution in [-0.4, -0.2) is 36.3 Å².